The molecule has 1 saturated heterocycles. The maximum Gasteiger partial charge on any atom is 0.251 e. The monoisotopic (exact) mass is 323 g/mol. The maximum absolute atomic E-state index is 12.3. The molecule has 6 nitrogen and oxygen atoms in total. The summed E-state index contributed by atoms with van der Waals surface area (Å²) in [5, 5.41) is 2.95. The predicted octanol–water partition coefficient (Wildman–Crippen LogP) is 2.26. The molecular formula is C17H25NO5. The lowest BCUT2D eigenvalue weighted by atomic mass is 9.96. The van der Waals surface area contributed by atoms with Gasteiger partial charge in [0.15, 0.2) is 11.5 Å². The predicted molar refractivity (Wildman–Crippen MR) is 86.6 cm³/mol. The number of hydrogen-bond acceptors (Lipinski definition) is 5. The highest BCUT2D eigenvalue weighted by Gasteiger charge is 2.18. The van der Waals surface area contributed by atoms with Crippen LogP contribution in [0.2, 0.25) is 0 Å². The molecule has 0 unspecified atom stereocenters. The fourth-order valence-electron chi connectivity index (χ4n) is 2.74. The first-order valence-corrected chi connectivity index (χ1v) is 7.85. The summed E-state index contributed by atoms with van der Waals surface area (Å²) in [6, 6.07) is 3.32. The van der Waals surface area contributed by atoms with E-state index in [1.165, 1.54) is 21.3 Å². The molecule has 1 N–H and O–H groups in total. The number of hydrogen-bond donors (Lipinski definition) is 1. The van der Waals surface area contributed by atoms with E-state index in [0.717, 1.165) is 32.5 Å². The fraction of sp³-hybridized carbons (Fsp3) is 0.588. The average Bonchev–Trinajstić information content (AvgIpc) is 2.61. The van der Waals surface area contributed by atoms with Gasteiger partial charge < -0.3 is 24.3 Å². The molecule has 1 fully saturated rings. The molecule has 1 aliphatic rings. The lowest BCUT2D eigenvalue weighted by molar-refractivity contribution is 0.0636. The van der Waals surface area contributed by atoms with Crippen molar-refractivity contribution in [2.24, 2.45) is 5.92 Å². The summed E-state index contributed by atoms with van der Waals surface area (Å²) in [5.41, 5.74) is 0.492. The van der Waals surface area contributed by atoms with Gasteiger partial charge in [0, 0.05) is 25.3 Å². The molecule has 0 aliphatic carbocycles. The van der Waals surface area contributed by atoms with Gasteiger partial charge in [-0.25, -0.2) is 0 Å². The van der Waals surface area contributed by atoms with Crippen molar-refractivity contribution in [3.63, 3.8) is 0 Å². The van der Waals surface area contributed by atoms with E-state index in [-0.39, 0.29) is 5.91 Å². The Morgan fingerprint density at radius 2 is 1.74 bits per heavy atom. The summed E-state index contributed by atoms with van der Waals surface area (Å²) in [4.78, 5) is 12.3. The van der Waals surface area contributed by atoms with Crippen LogP contribution in [0.4, 0.5) is 0 Å². The van der Waals surface area contributed by atoms with Crippen molar-refractivity contribution in [1.29, 1.82) is 0 Å². The number of carbonyl (C=O) groups is 1. The van der Waals surface area contributed by atoms with E-state index in [0.29, 0.717) is 35.3 Å². The Balaban J connectivity index is 1.98. The summed E-state index contributed by atoms with van der Waals surface area (Å²) in [6.45, 7) is 2.30. The molecule has 0 atom stereocenters. The molecule has 0 saturated carbocycles. The molecule has 23 heavy (non-hydrogen) atoms. The van der Waals surface area contributed by atoms with Gasteiger partial charge in [-0.05, 0) is 37.3 Å². The molecule has 0 aromatic heterocycles. The molecular weight excluding hydrogens is 298 g/mol. The van der Waals surface area contributed by atoms with Gasteiger partial charge in [0.2, 0.25) is 5.75 Å². The second kappa shape index (κ2) is 8.62. The van der Waals surface area contributed by atoms with Crippen LogP contribution in [0.15, 0.2) is 12.1 Å². The third-order valence-corrected chi connectivity index (χ3v) is 4.11. The van der Waals surface area contributed by atoms with Crippen LogP contribution in [0.5, 0.6) is 17.2 Å². The number of ether oxygens (including phenoxy) is 4. The highest BCUT2D eigenvalue weighted by Crippen LogP contribution is 2.38. The highest BCUT2D eigenvalue weighted by molar-refractivity contribution is 5.95. The van der Waals surface area contributed by atoms with Crippen LogP contribution in [0.3, 0.4) is 0 Å². The van der Waals surface area contributed by atoms with Crippen molar-refractivity contribution < 1.29 is 23.7 Å². The highest BCUT2D eigenvalue weighted by atomic mass is 16.5. The summed E-state index contributed by atoms with van der Waals surface area (Å²) >= 11 is 0. The second-order valence-corrected chi connectivity index (χ2v) is 5.51. The molecule has 128 valence electrons. The Labute approximate surface area is 137 Å². The zero-order valence-electron chi connectivity index (χ0n) is 14.0. The first kappa shape index (κ1) is 17.4. The van der Waals surface area contributed by atoms with Crippen LogP contribution in [-0.4, -0.2) is 47.0 Å². The topological polar surface area (TPSA) is 66.0 Å². The van der Waals surface area contributed by atoms with Crippen molar-refractivity contribution in [3.8, 4) is 17.2 Å². The van der Waals surface area contributed by atoms with Gasteiger partial charge in [0.1, 0.15) is 0 Å². The SMILES string of the molecule is COc1cc(C(=O)NCCC2CCOCC2)cc(OC)c1OC. The Hall–Kier alpha value is -1.95. The van der Waals surface area contributed by atoms with Crippen molar-refractivity contribution in [1.82, 2.24) is 5.32 Å². The molecule has 0 bridgehead atoms. The minimum Gasteiger partial charge on any atom is -0.493 e. The normalized spacial score (nSPS) is 15.1. The number of nitrogens with one attached hydrogen (secondary N) is 1. The molecule has 2 rings (SSSR count). The number of amides is 1. The lowest BCUT2D eigenvalue weighted by Gasteiger charge is -2.22. The quantitative estimate of drug-likeness (QED) is 0.834. The second-order valence-electron chi connectivity index (χ2n) is 5.51. The van der Waals surface area contributed by atoms with Crippen molar-refractivity contribution in [2.45, 2.75) is 19.3 Å². The van der Waals surface area contributed by atoms with Crippen LogP contribution < -0.4 is 19.5 Å². The number of rotatable bonds is 7. The molecule has 1 heterocycles. The molecule has 1 aromatic rings. The van der Waals surface area contributed by atoms with E-state index < -0.39 is 0 Å². The summed E-state index contributed by atoms with van der Waals surface area (Å²) < 4.78 is 21.1. The zero-order valence-corrected chi connectivity index (χ0v) is 14.0. The van der Waals surface area contributed by atoms with E-state index in [9.17, 15) is 4.79 Å². The Morgan fingerprint density at radius 3 is 2.26 bits per heavy atom. The largest absolute Gasteiger partial charge is 0.493 e. The molecule has 1 aromatic carbocycles. The smallest absolute Gasteiger partial charge is 0.251 e. The standard InChI is InChI=1S/C17H25NO5/c1-20-14-10-13(11-15(21-2)16(14)22-3)17(19)18-7-4-12-5-8-23-9-6-12/h10-12H,4-9H2,1-3H3,(H,18,19). The number of carbonyl (C=O) groups excluding carboxylic acids is 1. The van der Waals surface area contributed by atoms with Gasteiger partial charge in [0.05, 0.1) is 21.3 Å². The fourth-order valence-corrected chi connectivity index (χ4v) is 2.74. The van der Waals surface area contributed by atoms with Gasteiger partial charge >= 0.3 is 0 Å². The van der Waals surface area contributed by atoms with Crippen LogP contribution in [0, 0.1) is 5.92 Å². The summed E-state index contributed by atoms with van der Waals surface area (Å²) in [5.74, 6) is 1.91. The van der Waals surface area contributed by atoms with Gasteiger partial charge in [-0.15, -0.1) is 0 Å². The van der Waals surface area contributed by atoms with Gasteiger partial charge in [-0.1, -0.05) is 0 Å². The molecule has 0 radical (unpaired) electrons. The maximum atomic E-state index is 12.3. The lowest BCUT2D eigenvalue weighted by Crippen LogP contribution is -2.27. The molecule has 1 amide bonds. The third kappa shape index (κ3) is 4.51. The Bertz CT molecular complexity index is 501. The van der Waals surface area contributed by atoms with E-state index in [1.807, 2.05) is 0 Å². The molecule has 0 spiro atoms. The number of methoxy groups -OCH3 is 3. The Kier molecular flexibility index (Phi) is 6.52. The van der Waals surface area contributed by atoms with Crippen LogP contribution in [-0.2, 0) is 4.74 Å². The van der Waals surface area contributed by atoms with Crippen LogP contribution in [0.25, 0.3) is 0 Å². The van der Waals surface area contributed by atoms with Gasteiger partial charge in [0.25, 0.3) is 5.91 Å². The Morgan fingerprint density at radius 1 is 1.13 bits per heavy atom. The summed E-state index contributed by atoms with van der Waals surface area (Å²) in [6.07, 6.45) is 3.11. The number of benzene rings is 1. The van der Waals surface area contributed by atoms with E-state index in [1.54, 1.807) is 12.1 Å². The first-order valence-electron chi connectivity index (χ1n) is 7.85. The third-order valence-electron chi connectivity index (χ3n) is 4.11. The van der Waals surface area contributed by atoms with Crippen LogP contribution >= 0.6 is 0 Å². The van der Waals surface area contributed by atoms with E-state index in [2.05, 4.69) is 5.32 Å². The van der Waals surface area contributed by atoms with Crippen LogP contribution in [0.1, 0.15) is 29.6 Å². The zero-order chi connectivity index (χ0) is 16.7. The van der Waals surface area contributed by atoms with Crippen molar-refractivity contribution >= 4 is 5.91 Å². The van der Waals surface area contributed by atoms with Gasteiger partial charge in [-0.2, -0.15) is 0 Å². The minimum atomic E-state index is -0.142. The molecule has 6 heteroatoms. The average molecular weight is 323 g/mol. The molecule has 1 aliphatic heterocycles. The minimum absolute atomic E-state index is 0.142. The summed E-state index contributed by atoms with van der Waals surface area (Å²) in [7, 11) is 4.60. The van der Waals surface area contributed by atoms with Gasteiger partial charge in [-0.3, -0.25) is 4.79 Å². The van der Waals surface area contributed by atoms with E-state index in [4.69, 9.17) is 18.9 Å². The van der Waals surface area contributed by atoms with Crippen molar-refractivity contribution in [3.05, 3.63) is 17.7 Å². The van der Waals surface area contributed by atoms with E-state index >= 15 is 0 Å². The van der Waals surface area contributed by atoms with Crippen molar-refractivity contribution in [2.75, 3.05) is 41.1 Å². The first-order chi connectivity index (χ1) is 11.2.